The molecule has 7 nitrogen and oxygen atoms in total. The number of phenolic OH excluding ortho intramolecular Hbond substituents is 1. The summed E-state index contributed by atoms with van der Waals surface area (Å²) < 4.78 is 70.7. The molecule has 3 atom stereocenters. The van der Waals surface area contributed by atoms with Crippen LogP contribution in [0, 0.1) is 17.5 Å². The number of halogens is 4. The Bertz CT molecular complexity index is 1790. The zero-order chi connectivity index (χ0) is 32.2. The molecule has 5 heterocycles. The molecule has 0 aliphatic carbocycles. The van der Waals surface area contributed by atoms with E-state index in [1.165, 1.54) is 50.3 Å². The smallest absolute Gasteiger partial charge is 0.318 e. The van der Waals surface area contributed by atoms with E-state index in [0.717, 1.165) is 32.2 Å². The number of ether oxygens (including phenoxy) is 2. The van der Waals surface area contributed by atoms with Crippen molar-refractivity contribution >= 4 is 27.5 Å². The van der Waals surface area contributed by atoms with E-state index in [1.807, 2.05) is 4.90 Å². The van der Waals surface area contributed by atoms with E-state index >= 15 is 8.78 Å². The first kappa shape index (κ1) is 30.9. The van der Waals surface area contributed by atoms with Crippen LogP contribution < -0.4 is 9.64 Å². The Hall–Kier alpha value is -3.70. The van der Waals surface area contributed by atoms with Crippen molar-refractivity contribution in [1.29, 1.82) is 0 Å². The molecular formula is C35H38F4N4O3. The van der Waals surface area contributed by atoms with Gasteiger partial charge in [0.25, 0.3) is 0 Å². The number of alkyl halides is 1. The minimum absolute atomic E-state index is 0.0471. The molecule has 46 heavy (non-hydrogen) atoms. The van der Waals surface area contributed by atoms with E-state index in [-0.39, 0.29) is 33.8 Å². The van der Waals surface area contributed by atoms with Gasteiger partial charge in [0.05, 0.1) is 24.9 Å². The number of benzene rings is 3. The highest BCUT2D eigenvalue weighted by Gasteiger charge is 2.43. The van der Waals surface area contributed by atoms with Gasteiger partial charge in [-0.3, -0.25) is 4.90 Å². The molecule has 4 aromatic rings. The number of anilines is 1. The van der Waals surface area contributed by atoms with Gasteiger partial charge in [-0.25, -0.2) is 17.6 Å². The third-order valence-corrected chi connectivity index (χ3v) is 10.1. The Labute approximate surface area is 265 Å². The van der Waals surface area contributed by atoms with Gasteiger partial charge in [-0.15, -0.1) is 0 Å². The molecule has 4 fully saturated rings. The second kappa shape index (κ2) is 12.2. The van der Waals surface area contributed by atoms with Crippen molar-refractivity contribution in [3.8, 4) is 22.9 Å². The maximum absolute atomic E-state index is 16.3. The highest BCUT2D eigenvalue weighted by atomic mass is 19.1. The van der Waals surface area contributed by atoms with E-state index in [1.54, 1.807) is 6.92 Å². The van der Waals surface area contributed by atoms with Crippen LogP contribution in [0.2, 0.25) is 0 Å². The van der Waals surface area contributed by atoms with Crippen LogP contribution in [0.5, 0.6) is 11.8 Å². The van der Waals surface area contributed by atoms with E-state index in [0.29, 0.717) is 60.9 Å². The lowest BCUT2D eigenvalue weighted by Crippen LogP contribution is -2.56. The molecule has 0 bridgehead atoms. The number of piperidine rings is 1. The summed E-state index contributed by atoms with van der Waals surface area (Å²) in [7, 11) is 1.39. The number of nitrogens with zero attached hydrogens (tertiary/aromatic N) is 4. The number of aromatic nitrogens is 2. The van der Waals surface area contributed by atoms with Crippen molar-refractivity contribution < 1.29 is 32.1 Å². The summed E-state index contributed by atoms with van der Waals surface area (Å²) in [5.41, 5.74) is -0.397. The van der Waals surface area contributed by atoms with Crippen molar-refractivity contribution in [3.05, 3.63) is 53.3 Å². The van der Waals surface area contributed by atoms with Gasteiger partial charge in [-0.1, -0.05) is 13.0 Å². The number of methoxy groups -OCH3 is 1. The number of hydrogen-bond donors (Lipinski definition) is 1. The fraction of sp³-hybridized carbons (Fsp3) is 0.486. The summed E-state index contributed by atoms with van der Waals surface area (Å²) in [6.07, 6.45) is 5.83. The molecular weight excluding hydrogens is 600 g/mol. The molecule has 8 rings (SSSR count). The number of aromatic hydroxyl groups is 1. The van der Waals surface area contributed by atoms with Crippen LogP contribution in [0.15, 0.2) is 30.3 Å². The van der Waals surface area contributed by atoms with Crippen LogP contribution in [0.25, 0.3) is 32.8 Å². The van der Waals surface area contributed by atoms with Crippen LogP contribution in [-0.4, -0.2) is 77.7 Å². The second-order valence-corrected chi connectivity index (χ2v) is 12.9. The van der Waals surface area contributed by atoms with Crippen molar-refractivity contribution in [2.75, 3.05) is 44.8 Å². The quantitative estimate of drug-likeness (QED) is 0.239. The molecule has 4 saturated heterocycles. The highest BCUT2D eigenvalue weighted by molar-refractivity contribution is 6.03. The molecule has 2 unspecified atom stereocenters. The molecule has 0 amide bonds. The summed E-state index contributed by atoms with van der Waals surface area (Å²) >= 11 is 0. The van der Waals surface area contributed by atoms with E-state index < -0.39 is 29.2 Å². The highest BCUT2D eigenvalue weighted by Crippen LogP contribution is 2.43. The minimum atomic E-state index is -0.929. The predicted molar refractivity (Wildman–Crippen MR) is 169 cm³/mol. The maximum atomic E-state index is 16.3. The number of rotatable bonds is 4. The van der Waals surface area contributed by atoms with Crippen LogP contribution in [-0.2, 0) is 11.2 Å². The summed E-state index contributed by atoms with van der Waals surface area (Å²) in [6, 6.07) is 7.27. The molecule has 0 saturated carbocycles. The first-order chi connectivity index (χ1) is 22.2. The zero-order valence-corrected chi connectivity index (χ0v) is 26.1. The first-order valence-corrected chi connectivity index (χ1v) is 16.2. The lowest BCUT2D eigenvalue weighted by Gasteiger charge is -2.48. The lowest BCUT2D eigenvalue weighted by molar-refractivity contribution is -0.151. The number of phenols is 1. The molecule has 244 valence electrons. The normalized spacial score (nSPS) is 24.3. The molecule has 0 radical (unpaired) electrons. The maximum Gasteiger partial charge on any atom is 0.318 e. The first-order valence-electron chi connectivity index (χ1n) is 16.2. The van der Waals surface area contributed by atoms with Crippen LogP contribution in [0.1, 0.15) is 51.0 Å². The summed E-state index contributed by atoms with van der Waals surface area (Å²) in [6.45, 7) is 5.54. The Morgan fingerprint density at radius 2 is 1.89 bits per heavy atom. The van der Waals surface area contributed by atoms with Gasteiger partial charge in [0.2, 0.25) is 0 Å². The van der Waals surface area contributed by atoms with Gasteiger partial charge < -0.3 is 19.5 Å². The summed E-state index contributed by atoms with van der Waals surface area (Å²) in [5.74, 6) is -2.07. The molecule has 3 aromatic carbocycles. The van der Waals surface area contributed by atoms with E-state index in [4.69, 9.17) is 9.47 Å². The molecule has 4 aliphatic heterocycles. The molecule has 4 aliphatic rings. The molecule has 1 N–H and O–H groups in total. The lowest BCUT2D eigenvalue weighted by atomic mass is 9.85. The average Bonchev–Trinajstić information content (AvgIpc) is 3.61. The predicted octanol–water partition coefficient (Wildman–Crippen LogP) is 7.10. The molecule has 1 spiro atoms. The van der Waals surface area contributed by atoms with Crippen LogP contribution in [0.4, 0.5) is 23.4 Å². The molecule has 1 aromatic heterocycles. The van der Waals surface area contributed by atoms with Gasteiger partial charge in [0.15, 0.2) is 5.82 Å². The fourth-order valence-corrected chi connectivity index (χ4v) is 7.80. The molecule has 11 heteroatoms. The van der Waals surface area contributed by atoms with Gasteiger partial charge in [-0.05, 0) is 91.2 Å². The third-order valence-electron chi connectivity index (χ3n) is 10.1. The van der Waals surface area contributed by atoms with Crippen molar-refractivity contribution in [2.45, 2.75) is 69.7 Å². The van der Waals surface area contributed by atoms with Crippen LogP contribution in [0.3, 0.4) is 0 Å². The number of fused-ring (bicyclic) bond motifs is 3. The summed E-state index contributed by atoms with van der Waals surface area (Å²) in [5, 5.41) is 11.4. The average molecular weight is 639 g/mol. The summed E-state index contributed by atoms with van der Waals surface area (Å²) in [4.78, 5) is 13.0. The number of aryl methyl sites for hydroxylation is 1. The standard InChI is InChI=1S/C28H26F3N3O3.C7H12FN/c1-3-17-20(29)6-5-15-11-16(35)12-18(22(15)17)23-21(30)13-19-25(24(23)31)32-27(36-2)33-26(19)34-9-4-7-28(14-34)8-10-37-28;8-6-4-7-2-1-3-9(7)5-6/h5-6,11-13,35H,3-4,7-10,14H2,1-2H3;6-7H,1-5H2/t;6-,7?/m.1/s1. The Morgan fingerprint density at radius 1 is 1.07 bits per heavy atom. The van der Waals surface area contributed by atoms with Gasteiger partial charge >= 0.3 is 6.01 Å². The van der Waals surface area contributed by atoms with E-state index in [9.17, 15) is 13.9 Å². The zero-order valence-electron chi connectivity index (χ0n) is 26.1. The topological polar surface area (TPSA) is 71.0 Å². The largest absolute Gasteiger partial charge is 0.508 e. The Kier molecular flexibility index (Phi) is 8.17. The monoisotopic (exact) mass is 638 g/mol. The Balaban J connectivity index is 0.000000321. The Morgan fingerprint density at radius 3 is 2.61 bits per heavy atom. The fourth-order valence-electron chi connectivity index (χ4n) is 7.80. The minimum Gasteiger partial charge on any atom is -0.508 e. The third kappa shape index (κ3) is 5.41. The second-order valence-electron chi connectivity index (χ2n) is 12.9. The van der Waals surface area contributed by atoms with Gasteiger partial charge in [-0.2, -0.15) is 9.97 Å². The van der Waals surface area contributed by atoms with E-state index in [2.05, 4.69) is 14.9 Å². The van der Waals surface area contributed by atoms with Gasteiger partial charge in [0, 0.05) is 37.5 Å². The van der Waals surface area contributed by atoms with Gasteiger partial charge in [0.1, 0.15) is 34.9 Å². The van der Waals surface area contributed by atoms with Crippen molar-refractivity contribution in [2.24, 2.45) is 0 Å². The van der Waals surface area contributed by atoms with Crippen molar-refractivity contribution in [1.82, 2.24) is 14.9 Å². The SMILES string of the molecule is CCc1c(F)ccc2cc(O)cc(-c3c(F)cc4c(N5CCCC6(CCO6)C5)nc(OC)nc4c3F)c12.F[C@@H]1CC2CCCN2C1. The number of hydrogen-bond acceptors (Lipinski definition) is 7. The van der Waals surface area contributed by atoms with Crippen LogP contribution >= 0.6 is 0 Å². The van der Waals surface area contributed by atoms with Crippen molar-refractivity contribution in [3.63, 3.8) is 0 Å².